The van der Waals surface area contributed by atoms with Gasteiger partial charge >= 0.3 is 5.97 Å². The van der Waals surface area contributed by atoms with Crippen molar-refractivity contribution in [2.75, 3.05) is 19.5 Å². The summed E-state index contributed by atoms with van der Waals surface area (Å²) in [7, 11) is 2.97. The average molecular weight is 300 g/mol. The number of ether oxygens (including phenoxy) is 2. The van der Waals surface area contributed by atoms with Gasteiger partial charge in [-0.25, -0.2) is 4.79 Å². The van der Waals surface area contributed by atoms with Gasteiger partial charge in [-0.15, -0.1) is 0 Å². The summed E-state index contributed by atoms with van der Waals surface area (Å²) in [5.41, 5.74) is 1.61. The first-order chi connectivity index (χ1) is 9.12. The molecule has 0 bridgehead atoms. The van der Waals surface area contributed by atoms with Crippen LogP contribution in [0.2, 0.25) is 5.02 Å². The van der Waals surface area contributed by atoms with Gasteiger partial charge in [0.15, 0.2) is 0 Å². The predicted molar refractivity (Wildman–Crippen MR) is 76.8 cm³/mol. The fourth-order valence-corrected chi connectivity index (χ4v) is 3.19. The summed E-state index contributed by atoms with van der Waals surface area (Å²) >= 11 is 7.49. The molecule has 0 amide bonds. The largest absolute Gasteiger partial charge is 0.495 e. The van der Waals surface area contributed by atoms with Crippen LogP contribution in [0, 0.1) is 0 Å². The zero-order chi connectivity index (χ0) is 14.0. The minimum Gasteiger partial charge on any atom is -0.495 e. The molecule has 1 aromatic carbocycles. The first-order valence-corrected chi connectivity index (χ1v) is 6.94. The van der Waals surface area contributed by atoms with Crippen molar-refractivity contribution in [3.63, 3.8) is 0 Å². The summed E-state index contributed by atoms with van der Waals surface area (Å²) in [5.74, 6) is 0.334. The molecule has 2 rings (SSSR count). The third-order valence-corrected chi connectivity index (χ3v) is 4.44. The maximum Gasteiger partial charge on any atom is 0.346 e. The first kappa shape index (κ1) is 14.1. The highest BCUT2D eigenvalue weighted by Crippen LogP contribution is 2.48. The molecule has 1 N–H and O–H groups in total. The summed E-state index contributed by atoms with van der Waals surface area (Å²) in [6, 6.07) is 3.55. The lowest BCUT2D eigenvalue weighted by molar-refractivity contribution is -0.135. The molecule has 1 aromatic rings. The smallest absolute Gasteiger partial charge is 0.346 e. The second-order valence-electron chi connectivity index (χ2n) is 3.83. The highest BCUT2D eigenvalue weighted by molar-refractivity contribution is 8.04. The van der Waals surface area contributed by atoms with E-state index in [-0.39, 0.29) is 5.97 Å². The third kappa shape index (κ3) is 2.53. The molecule has 0 saturated carbocycles. The van der Waals surface area contributed by atoms with Crippen molar-refractivity contribution in [3.05, 3.63) is 27.8 Å². The third-order valence-electron chi connectivity index (χ3n) is 2.77. The van der Waals surface area contributed by atoms with Crippen molar-refractivity contribution in [1.82, 2.24) is 0 Å². The number of allylic oxidation sites excluding steroid dienone is 1. The molecule has 0 atom stereocenters. The maximum atomic E-state index is 11.8. The zero-order valence-electron chi connectivity index (χ0n) is 10.9. The molecule has 0 saturated heterocycles. The number of esters is 1. The molecular weight excluding hydrogens is 286 g/mol. The first-order valence-electron chi connectivity index (χ1n) is 5.75. The van der Waals surface area contributed by atoms with Crippen LogP contribution in [0.1, 0.15) is 13.3 Å². The summed E-state index contributed by atoms with van der Waals surface area (Å²) in [4.78, 5) is 13.1. The van der Waals surface area contributed by atoms with E-state index in [1.165, 1.54) is 18.9 Å². The van der Waals surface area contributed by atoms with Crippen molar-refractivity contribution in [3.8, 4) is 5.75 Å². The Morgan fingerprint density at radius 2 is 2.16 bits per heavy atom. The molecule has 0 radical (unpaired) electrons. The molecule has 0 unspecified atom stereocenters. The lowest BCUT2D eigenvalue weighted by Gasteiger charge is -2.24. The van der Waals surface area contributed by atoms with E-state index in [9.17, 15) is 4.79 Å². The number of hydrogen-bond donors (Lipinski definition) is 1. The van der Waals surface area contributed by atoms with Crippen LogP contribution in [0.15, 0.2) is 27.6 Å². The Balaban J connectivity index is 2.51. The van der Waals surface area contributed by atoms with Gasteiger partial charge in [0.1, 0.15) is 10.7 Å². The average Bonchev–Trinajstić information content (AvgIpc) is 2.45. The zero-order valence-corrected chi connectivity index (χ0v) is 12.4. The SMILES string of the molecule is CCC1=C(C(=O)OC)Sc2c(Cl)ccc(OC)c2N1. The van der Waals surface area contributed by atoms with Gasteiger partial charge in [-0.2, -0.15) is 0 Å². The van der Waals surface area contributed by atoms with Crippen molar-refractivity contribution in [1.29, 1.82) is 0 Å². The van der Waals surface area contributed by atoms with Crippen LogP contribution in [0.5, 0.6) is 5.75 Å². The minimum absolute atomic E-state index is 0.362. The van der Waals surface area contributed by atoms with E-state index in [2.05, 4.69) is 5.32 Å². The second-order valence-corrected chi connectivity index (χ2v) is 5.26. The Hall–Kier alpha value is -1.33. The lowest BCUT2D eigenvalue weighted by atomic mass is 10.2. The fraction of sp³-hybridized carbons (Fsp3) is 0.308. The fourth-order valence-electron chi connectivity index (χ4n) is 1.81. The van der Waals surface area contributed by atoms with Crippen molar-refractivity contribution in [2.24, 2.45) is 0 Å². The van der Waals surface area contributed by atoms with Crippen LogP contribution in [-0.4, -0.2) is 20.2 Å². The summed E-state index contributed by atoms with van der Waals surface area (Å²) in [6.07, 6.45) is 0.687. The number of halogens is 1. The summed E-state index contributed by atoms with van der Waals surface area (Å²) in [5, 5.41) is 3.79. The van der Waals surface area contributed by atoms with E-state index in [0.717, 1.165) is 16.3 Å². The monoisotopic (exact) mass is 299 g/mol. The molecule has 0 spiro atoms. The van der Waals surface area contributed by atoms with Crippen LogP contribution < -0.4 is 10.1 Å². The number of rotatable bonds is 3. The van der Waals surface area contributed by atoms with Gasteiger partial charge in [0.25, 0.3) is 0 Å². The standard InChI is InChI=1S/C13H14ClNO3S/c1-4-8-12(13(16)18-3)19-11-7(14)5-6-9(17-2)10(11)15-8/h5-6,15H,4H2,1-3H3. The van der Waals surface area contributed by atoms with E-state index in [4.69, 9.17) is 21.1 Å². The van der Waals surface area contributed by atoms with Gasteiger partial charge in [0.2, 0.25) is 0 Å². The summed E-state index contributed by atoms with van der Waals surface area (Å²) in [6.45, 7) is 1.97. The number of nitrogens with one attached hydrogen (secondary N) is 1. The van der Waals surface area contributed by atoms with Gasteiger partial charge in [-0.3, -0.25) is 0 Å². The molecule has 0 aromatic heterocycles. The number of hydrogen-bond acceptors (Lipinski definition) is 5. The normalized spacial score (nSPS) is 13.7. The number of benzene rings is 1. The Labute approximate surface area is 121 Å². The molecule has 1 aliphatic rings. The van der Waals surface area contributed by atoms with Crippen LogP contribution in [0.3, 0.4) is 0 Å². The van der Waals surface area contributed by atoms with E-state index in [1.807, 2.05) is 6.92 Å². The quantitative estimate of drug-likeness (QED) is 0.863. The van der Waals surface area contributed by atoms with Crippen LogP contribution in [-0.2, 0) is 9.53 Å². The number of methoxy groups -OCH3 is 2. The molecular formula is C13H14ClNO3S. The topological polar surface area (TPSA) is 47.6 Å². The van der Waals surface area contributed by atoms with Gasteiger partial charge in [-0.1, -0.05) is 30.3 Å². The highest BCUT2D eigenvalue weighted by atomic mass is 35.5. The number of carbonyl (C=O) groups excluding carboxylic acids is 1. The molecule has 4 nitrogen and oxygen atoms in total. The Kier molecular flexibility index (Phi) is 4.27. The maximum absolute atomic E-state index is 11.8. The van der Waals surface area contributed by atoms with E-state index in [0.29, 0.717) is 22.1 Å². The van der Waals surface area contributed by atoms with Gasteiger partial charge in [0.05, 0.1) is 29.8 Å². The number of anilines is 1. The van der Waals surface area contributed by atoms with Crippen molar-refractivity contribution in [2.45, 2.75) is 18.2 Å². The van der Waals surface area contributed by atoms with Gasteiger partial charge in [-0.05, 0) is 18.6 Å². The van der Waals surface area contributed by atoms with Crippen LogP contribution in [0.4, 0.5) is 5.69 Å². The number of thioether (sulfide) groups is 1. The summed E-state index contributed by atoms with van der Waals surface area (Å²) < 4.78 is 10.1. The van der Waals surface area contributed by atoms with E-state index >= 15 is 0 Å². The van der Waals surface area contributed by atoms with Crippen LogP contribution in [0.25, 0.3) is 0 Å². The Bertz CT molecular complexity index is 557. The van der Waals surface area contributed by atoms with Gasteiger partial charge in [0, 0.05) is 5.70 Å². The Morgan fingerprint density at radius 3 is 2.74 bits per heavy atom. The lowest BCUT2D eigenvalue weighted by Crippen LogP contribution is -2.15. The second kappa shape index (κ2) is 5.75. The molecule has 0 fully saturated rings. The minimum atomic E-state index is -0.362. The van der Waals surface area contributed by atoms with Crippen molar-refractivity contribution < 1.29 is 14.3 Å². The number of fused-ring (bicyclic) bond motifs is 1. The van der Waals surface area contributed by atoms with Gasteiger partial charge < -0.3 is 14.8 Å². The van der Waals surface area contributed by atoms with Crippen molar-refractivity contribution >= 4 is 35.0 Å². The molecule has 0 aliphatic carbocycles. The molecule has 102 valence electrons. The number of carbonyl (C=O) groups is 1. The van der Waals surface area contributed by atoms with E-state index < -0.39 is 0 Å². The molecule has 1 heterocycles. The predicted octanol–water partition coefficient (Wildman–Crippen LogP) is 3.66. The van der Waals surface area contributed by atoms with Crippen LogP contribution >= 0.6 is 23.4 Å². The Morgan fingerprint density at radius 1 is 1.42 bits per heavy atom. The molecule has 19 heavy (non-hydrogen) atoms. The molecule has 1 aliphatic heterocycles. The highest BCUT2D eigenvalue weighted by Gasteiger charge is 2.27. The molecule has 6 heteroatoms. The van der Waals surface area contributed by atoms with E-state index in [1.54, 1.807) is 19.2 Å².